The van der Waals surface area contributed by atoms with Crippen molar-refractivity contribution in [2.24, 2.45) is 0 Å². The second-order valence-corrected chi connectivity index (χ2v) is 5.60. The fraction of sp³-hybridized carbons (Fsp3) is 0.438. The molecule has 1 aliphatic heterocycles. The van der Waals surface area contributed by atoms with Crippen LogP contribution in [0.15, 0.2) is 28.8 Å². The van der Waals surface area contributed by atoms with Gasteiger partial charge < -0.3 is 24.6 Å². The van der Waals surface area contributed by atoms with Crippen molar-refractivity contribution in [1.29, 1.82) is 0 Å². The zero-order valence-corrected chi connectivity index (χ0v) is 12.9. The van der Waals surface area contributed by atoms with Crippen molar-refractivity contribution in [3.8, 4) is 22.8 Å². The third kappa shape index (κ3) is 3.17. The van der Waals surface area contributed by atoms with Crippen molar-refractivity contribution < 1.29 is 14.0 Å². The number of hydrogen-bond donors (Lipinski definition) is 1. The molecule has 2 heterocycles. The molecular weight excluding hydrogens is 282 g/mol. The van der Waals surface area contributed by atoms with E-state index in [9.17, 15) is 0 Å². The average molecular weight is 303 g/mol. The standard InChI is InChI=1S/C16H21N3O3/c1-19-7-5-12(6-8-19)21-15-9-11(3-4-13(15)20-2)14-10-16(17)18-22-14/h3-4,9-10,12H,5-8H2,1-2H3,(H2,17,18). The smallest absolute Gasteiger partial charge is 0.169 e. The minimum atomic E-state index is 0.208. The normalized spacial score (nSPS) is 16.6. The molecule has 0 radical (unpaired) electrons. The largest absolute Gasteiger partial charge is 0.493 e. The third-order valence-corrected chi connectivity index (χ3v) is 3.94. The molecule has 0 spiro atoms. The molecule has 1 fully saturated rings. The Labute approximate surface area is 129 Å². The van der Waals surface area contributed by atoms with Crippen LogP contribution in [0.5, 0.6) is 11.5 Å². The van der Waals surface area contributed by atoms with Gasteiger partial charge in [-0.15, -0.1) is 0 Å². The van der Waals surface area contributed by atoms with Gasteiger partial charge in [-0.25, -0.2) is 0 Å². The topological polar surface area (TPSA) is 73.8 Å². The van der Waals surface area contributed by atoms with E-state index in [0.29, 0.717) is 11.6 Å². The summed E-state index contributed by atoms with van der Waals surface area (Å²) < 4.78 is 16.8. The first kappa shape index (κ1) is 14.7. The number of nitrogens with zero attached hydrogens (tertiary/aromatic N) is 2. The van der Waals surface area contributed by atoms with Gasteiger partial charge >= 0.3 is 0 Å². The number of piperidine rings is 1. The highest BCUT2D eigenvalue weighted by atomic mass is 16.5. The van der Waals surface area contributed by atoms with E-state index < -0.39 is 0 Å². The first-order chi connectivity index (χ1) is 10.7. The summed E-state index contributed by atoms with van der Waals surface area (Å²) in [5.41, 5.74) is 6.48. The number of methoxy groups -OCH3 is 1. The lowest BCUT2D eigenvalue weighted by Crippen LogP contribution is -2.35. The Bertz CT molecular complexity index is 633. The van der Waals surface area contributed by atoms with Crippen molar-refractivity contribution in [3.05, 3.63) is 24.3 Å². The van der Waals surface area contributed by atoms with Gasteiger partial charge in [-0.2, -0.15) is 0 Å². The van der Waals surface area contributed by atoms with E-state index in [1.54, 1.807) is 13.2 Å². The monoisotopic (exact) mass is 303 g/mol. The molecule has 22 heavy (non-hydrogen) atoms. The van der Waals surface area contributed by atoms with Crippen LogP contribution in [0.25, 0.3) is 11.3 Å². The van der Waals surface area contributed by atoms with Crippen LogP contribution in [-0.4, -0.2) is 43.4 Å². The number of ether oxygens (including phenoxy) is 2. The quantitative estimate of drug-likeness (QED) is 0.935. The molecule has 1 aromatic carbocycles. The van der Waals surface area contributed by atoms with Crippen molar-refractivity contribution in [3.63, 3.8) is 0 Å². The summed E-state index contributed by atoms with van der Waals surface area (Å²) in [6, 6.07) is 7.39. The van der Waals surface area contributed by atoms with E-state index in [0.717, 1.165) is 43.0 Å². The highest BCUT2D eigenvalue weighted by Crippen LogP contribution is 2.34. The highest BCUT2D eigenvalue weighted by molar-refractivity contribution is 5.64. The van der Waals surface area contributed by atoms with Crippen LogP contribution in [-0.2, 0) is 0 Å². The fourth-order valence-corrected chi connectivity index (χ4v) is 2.63. The first-order valence-corrected chi connectivity index (χ1v) is 7.41. The average Bonchev–Trinajstić information content (AvgIpc) is 2.96. The Hall–Kier alpha value is -2.21. The maximum Gasteiger partial charge on any atom is 0.169 e. The summed E-state index contributed by atoms with van der Waals surface area (Å²) in [5, 5.41) is 3.71. The number of rotatable bonds is 4. The maximum atomic E-state index is 6.15. The molecule has 0 amide bonds. The molecule has 3 rings (SSSR count). The summed E-state index contributed by atoms with van der Waals surface area (Å²) in [4.78, 5) is 2.31. The lowest BCUT2D eigenvalue weighted by atomic mass is 10.1. The molecule has 2 aromatic rings. The Morgan fingerprint density at radius 1 is 1.23 bits per heavy atom. The number of likely N-dealkylation sites (tertiary alicyclic amines) is 1. The van der Waals surface area contributed by atoms with E-state index in [4.69, 9.17) is 19.7 Å². The fourth-order valence-electron chi connectivity index (χ4n) is 2.63. The molecule has 0 unspecified atom stereocenters. The summed E-state index contributed by atoms with van der Waals surface area (Å²) in [5.74, 6) is 2.43. The SMILES string of the molecule is COc1ccc(-c2cc(N)no2)cc1OC1CCN(C)CC1. The number of anilines is 1. The number of benzene rings is 1. The van der Waals surface area contributed by atoms with Crippen molar-refractivity contribution in [1.82, 2.24) is 10.1 Å². The molecule has 2 N–H and O–H groups in total. The molecule has 6 nitrogen and oxygen atoms in total. The number of aromatic nitrogens is 1. The summed E-state index contributed by atoms with van der Waals surface area (Å²) in [6.45, 7) is 2.09. The van der Waals surface area contributed by atoms with Crippen LogP contribution in [0, 0.1) is 0 Å². The number of nitrogens with two attached hydrogens (primary N) is 1. The van der Waals surface area contributed by atoms with Gasteiger partial charge in [0.2, 0.25) is 0 Å². The molecule has 0 saturated carbocycles. The molecule has 1 saturated heterocycles. The molecule has 1 aliphatic rings. The van der Waals surface area contributed by atoms with Crippen molar-refractivity contribution in [2.45, 2.75) is 18.9 Å². The van der Waals surface area contributed by atoms with Crippen molar-refractivity contribution in [2.75, 3.05) is 33.0 Å². The summed E-state index contributed by atoms with van der Waals surface area (Å²) in [6.07, 6.45) is 2.23. The summed E-state index contributed by atoms with van der Waals surface area (Å²) in [7, 11) is 3.77. The lowest BCUT2D eigenvalue weighted by molar-refractivity contribution is 0.111. The van der Waals surface area contributed by atoms with Crippen LogP contribution >= 0.6 is 0 Å². The van der Waals surface area contributed by atoms with Gasteiger partial charge in [0.15, 0.2) is 23.1 Å². The Balaban J connectivity index is 1.82. The van der Waals surface area contributed by atoms with Gasteiger partial charge in [-0.05, 0) is 38.1 Å². The van der Waals surface area contributed by atoms with Gasteiger partial charge in [0.05, 0.1) is 7.11 Å². The van der Waals surface area contributed by atoms with Gasteiger partial charge in [-0.3, -0.25) is 0 Å². The van der Waals surface area contributed by atoms with Crippen LogP contribution in [0.4, 0.5) is 5.82 Å². The summed E-state index contributed by atoms with van der Waals surface area (Å²) >= 11 is 0. The third-order valence-electron chi connectivity index (χ3n) is 3.94. The molecule has 6 heteroatoms. The van der Waals surface area contributed by atoms with E-state index in [1.807, 2.05) is 18.2 Å². The number of nitrogen functional groups attached to an aromatic ring is 1. The second kappa shape index (κ2) is 6.27. The van der Waals surface area contributed by atoms with E-state index in [-0.39, 0.29) is 6.10 Å². The second-order valence-electron chi connectivity index (χ2n) is 5.60. The van der Waals surface area contributed by atoms with Crippen LogP contribution in [0.1, 0.15) is 12.8 Å². The zero-order valence-electron chi connectivity index (χ0n) is 12.9. The molecule has 1 aromatic heterocycles. The molecular formula is C16H21N3O3. The Morgan fingerprint density at radius 3 is 2.64 bits per heavy atom. The Kier molecular flexibility index (Phi) is 4.20. The van der Waals surface area contributed by atoms with Crippen LogP contribution < -0.4 is 15.2 Å². The van der Waals surface area contributed by atoms with E-state index in [2.05, 4.69) is 17.1 Å². The minimum Gasteiger partial charge on any atom is -0.493 e. The van der Waals surface area contributed by atoms with E-state index in [1.165, 1.54) is 0 Å². The first-order valence-electron chi connectivity index (χ1n) is 7.41. The number of hydrogen-bond acceptors (Lipinski definition) is 6. The van der Waals surface area contributed by atoms with Gasteiger partial charge in [0, 0.05) is 24.7 Å². The van der Waals surface area contributed by atoms with Crippen LogP contribution in [0.2, 0.25) is 0 Å². The molecule has 0 aliphatic carbocycles. The zero-order chi connectivity index (χ0) is 15.5. The van der Waals surface area contributed by atoms with Gasteiger partial charge in [-0.1, -0.05) is 5.16 Å². The predicted molar refractivity (Wildman–Crippen MR) is 84.1 cm³/mol. The van der Waals surface area contributed by atoms with Gasteiger partial charge in [0.25, 0.3) is 0 Å². The Morgan fingerprint density at radius 2 is 2.00 bits per heavy atom. The van der Waals surface area contributed by atoms with Crippen molar-refractivity contribution >= 4 is 5.82 Å². The van der Waals surface area contributed by atoms with Crippen LogP contribution in [0.3, 0.4) is 0 Å². The minimum absolute atomic E-state index is 0.208. The molecule has 118 valence electrons. The van der Waals surface area contributed by atoms with Gasteiger partial charge in [0.1, 0.15) is 6.10 Å². The highest BCUT2D eigenvalue weighted by Gasteiger charge is 2.20. The maximum absolute atomic E-state index is 6.15. The lowest BCUT2D eigenvalue weighted by Gasteiger charge is -2.29. The van der Waals surface area contributed by atoms with E-state index >= 15 is 0 Å². The molecule has 0 bridgehead atoms. The molecule has 0 atom stereocenters. The predicted octanol–water partition coefficient (Wildman–Crippen LogP) is 2.41.